The van der Waals surface area contributed by atoms with Gasteiger partial charge in [0.25, 0.3) is 5.91 Å². The van der Waals surface area contributed by atoms with Crippen LogP contribution in [-0.4, -0.2) is 31.3 Å². The Morgan fingerprint density at radius 2 is 1.73 bits per heavy atom. The zero-order valence-electron chi connectivity index (χ0n) is 15.4. The van der Waals surface area contributed by atoms with E-state index in [-0.39, 0.29) is 12.4 Å². The number of esters is 1. The van der Waals surface area contributed by atoms with Crippen molar-refractivity contribution in [3.8, 4) is 5.75 Å². The Kier molecular flexibility index (Phi) is 7.09. The first-order chi connectivity index (χ1) is 12.4. The molecule has 0 fully saturated rings. The lowest BCUT2D eigenvalue weighted by atomic mass is 10.2. The number of carbonyl (C=O) groups excluding carboxylic acids is 2. The molecule has 0 aromatic heterocycles. The Hall–Kier alpha value is -2.47. The van der Waals surface area contributed by atoms with E-state index >= 15 is 0 Å². The van der Waals surface area contributed by atoms with E-state index in [0.29, 0.717) is 11.4 Å². The summed E-state index contributed by atoms with van der Waals surface area (Å²) in [6.45, 7) is 5.59. The van der Waals surface area contributed by atoms with E-state index in [1.165, 1.54) is 18.9 Å². The molecule has 6 heteroatoms. The van der Waals surface area contributed by atoms with Gasteiger partial charge in [-0.1, -0.05) is 23.8 Å². The lowest BCUT2D eigenvalue weighted by molar-refractivity contribution is -0.144. The summed E-state index contributed by atoms with van der Waals surface area (Å²) >= 11 is 1.41. The molecule has 0 saturated carbocycles. The van der Waals surface area contributed by atoms with Gasteiger partial charge in [-0.15, -0.1) is 11.8 Å². The Bertz CT molecular complexity index is 804. The molecule has 0 heterocycles. The van der Waals surface area contributed by atoms with E-state index in [9.17, 15) is 9.59 Å². The summed E-state index contributed by atoms with van der Waals surface area (Å²) in [5.41, 5.74) is 3.79. The second-order valence-corrected chi connectivity index (χ2v) is 6.99. The molecule has 1 amide bonds. The van der Waals surface area contributed by atoms with Gasteiger partial charge >= 0.3 is 5.97 Å². The van der Waals surface area contributed by atoms with E-state index in [2.05, 4.69) is 5.32 Å². The summed E-state index contributed by atoms with van der Waals surface area (Å²) in [5.74, 6) is -0.118. The highest BCUT2D eigenvalue weighted by Crippen LogP contribution is 2.25. The molecule has 0 saturated heterocycles. The van der Waals surface area contributed by atoms with Gasteiger partial charge in [-0.05, 0) is 50.1 Å². The smallest absolute Gasteiger partial charge is 0.316 e. The lowest BCUT2D eigenvalue weighted by Crippen LogP contribution is -2.22. The average molecular weight is 373 g/mol. The molecule has 138 valence electrons. The predicted octanol–water partition coefficient (Wildman–Crippen LogP) is 3.89. The Morgan fingerprint density at radius 1 is 1.04 bits per heavy atom. The number of ether oxygens (including phenoxy) is 2. The van der Waals surface area contributed by atoms with Crippen LogP contribution in [0.2, 0.25) is 0 Å². The van der Waals surface area contributed by atoms with Crippen molar-refractivity contribution in [1.82, 2.24) is 0 Å². The van der Waals surface area contributed by atoms with Gasteiger partial charge < -0.3 is 14.8 Å². The molecular weight excluding hydrogens is 350 g/mol. The average Bonchev–Trinajstić information content (AvgIpc) is 2.61. The highest BCUT2D eigenvalue weighted by atomic mass is 32.2. The van der Waals surface area contributed by atoms with Crippen LogP contribution in [-0.2, 0) is 14.3 Å². The van der Waals surface area contributed by atoms with Gasteiger partial charge in [-0.2, -0.15) is 0 Å². The zero-order valence-corrected chi connectivity index (χ0v) is 16.2. The number of nitrogens with one attached hydrogen (secondary N) is 1. The minimum absolute atomic E-state index is 0.158. The largest absolute Gasteiger partial charge is 0.495 e. The normalized spacial score (nSPS) is 10.3. The van der Waals surface area contributed by atoms with Crippen molar-refractivity contribution in [2.75, 3.05) is 24.8 Å². The SMILES string of the molecule is COc1ccc(C)cc1NC(=O)COC(=O)CSc1cc(C)ccc1C. The van der Waals surface area contributed by atoms with E-state index in [0.717, 1.165) is 21.6 Å². The minimum atomic E-state index is -0.428. The molecule has 0 atom stereocenters. The van der Waals surface area contributed by atoms with Crippen molar-refractivity contribution in [3.05, 3.63) is 53.1 Å². The molecule has 2 aromatic carbocycles. The molecule has 0 unspecified atom stereocenters. The first kappa shape index (κ1) is 19.8. The first-order valence-corrected chi connectivity index (χ1v) is 9.17. The van der Waals surface area contributed by atoms with Crippen molar-refractivity contribution in [3.63, 3.8) is 0 Å². The zero-order chi connectivity index (χ0) is 19.1. The summed E-state index contributed by atoms with van der Waals surface area (Å²) in [6.07, 6.45) is 0. The molecule has 2 rings (SSSR count). The molecule has 0 spiro atoms. The number of carbonyl (C=O) groups is 2. The summed E-state index contributed by atoms with van der Waals surface area (Å²) < 4.78 is 10.3. The number of rotatable bonds is 7. The number of aryl methyl sites for hydroxylation is 3. The third-order valence-electron chi connectivity index (χ3n) is 3.68. The second-order valence-electron chi connectivity index (χ2n) is 5.97. The van der Waals surface area contributed by atoms with Gasteiger partial charge in [0, 0.05) is 4.90 Å². The molecule has 0 radical (unpaired) electrons. The molecular formula is C20H23NO4S. The maximum atomic E-state index is 12.0. The maximum Gasteiger partial charge on any atom is 0.316 e. The number of hydrogen-bond acceptors (Lipinski definition) is 5. The summed E-state index contributed by atoms with van der Waals surface area (Å²) in [5, 5.41) is 2.70. The van der Waals surface area contributed by atoms with Crippen LogP contribution in [0, 0.1) is 20.8 Å². The molecule has 0 aliphatic heterocycles. The van der Waals surface area contributed by atoms with Crippen molar-refractivity contribution < 1.29 is 19.1 Å². The van der Waals surface area contributed by atoms with Crippen molar-refractivity contribution in [1.29, 1.82) is 0 Å². The number of thioether (sulfide) groups is 1. The molecule has 0 bridgehead atoms. The molecule has 0 aliphatic carbocycles. The number of benzene rings is 2. The van der Waals surface area contributed by atoms with Crippen LogP contribution >= 0.6 is 11.8 Å². The predicted molar refractivity (Wildman–Crippen MR) is 104 cm³/mol. The Labute approximate surface area is 158 Å². The van der Waals surface area contributed by atoms with Gasteiger partial charge in [0.05, 0.1) is 18.6 Å². The fourth-order valence-electron chi connectivity index (χ4n) is 2.29. The van der Waals surface area contributed by atoms with Gasteiger partial charge in [0.15, 0.2) is 6.61 Å². The Morgan fingerprint density at radius 3 is 2.46 bits per heavy atom. The number of methoxy groups -OCH3 is 1. The lowest BCUT2D eigenvalue weighted by Gasteiger charge is -2.11. The van der Waals surface area contributed by atoms with Crippen LogP contribution < -0.4 is 10.1 Å². The van der Waals surface area contributed by atoms with Crippen LogP contribution in [0.15, 0.2) is 41.3 Å². The molecule has 26 heavy (non-hydrogen) atoms. The van der Waals surface area contributed by atoms with Crippen LogP contribution in [0.5, 0.6) is 5.75 Å². The Balaban J connectivity index is 1.82. The van der Waals surface area contributed by atoms with Crippen molar-refractivity contribution >= 4 is 29.3 Å². The third-order valence-corrected chi connectivity index (χ3v) is 4.81. The van der Waals surface area contributed by atoms with E-state index in [4.69, 9.17) is 9.47 Å². The van der Waals surface area contributed by atoms with Crippen LogP contribution in [0.25, 0.3) is 0 Å². The van der Waals surface area contributed by atoms with E-state index in [1.807, 2.05) is 45.0 Å². The second kappa shape index (κ2) is 9.29. The summed E-state index contributed by atoms with van der Waals surface area (Å²) in [6, 6.07) is 11.5. The van der Waals surface area contributed by atoms with Gasteiger partial charge in [-0.25, -0.2) is 0 Å². The highest BCUT2D eigenvalue weighted by Gasteiger charge is 2.12. The fraction of sp³-hybridized carbons (Fsp3) is 0.300. The van der Waals surface area contributed by atoms with E-state index in [1.54, 1.807) is 12.1 Å². The van der Waals surface area contributed by atoms with E-state index < -0.39 is 11.9 Å². The summed E-state index contributed by atoms with van der Waals surface area (Å²) in [7, 11) is 1.53. The van der Waals surface area contributed by atoms with Crippen LogP contribution in [0.3, 0.4) is 0 Å². The van der Waals surface area contributed by atoms with Crippen LogP contribution in [0.1, 0.15) is 16.7 Å². The molecule has 0 aliphatic rings. The minimum Gasteiger partial charge on any atom is -0.495 e. The number of hydrogen-bond donors (Lipinski definition) is 1. The van der Waals surface area contributed by atoms with Gasteiger partial charge in [0.1, 0.15) is 5.75 Å². The maximum absolute atomic E-state index is 12.0. The molecule has 1 N–H and O–H groups in total. The van der Waals surface area contributed by atoms with Gasteiger partial charge in [0.2, 0.25) is 0 Å². The number of amides is 1. The standard InChI is InChI=1S/C20H23NO4S/c1-13-6-8-17(24-4)16(9-13)21-19(22)11-25-20(23)12-26-18-10-14(2)5-7-15(18)3/h5-10H,11-12H2,1-4H3,(H,21,22). The monoisotopic (exact) mass is 373 g/mol. The quantitative estimate of drug-likeness (QED) is 0.589. The van der Waals surface area contributed by atoms with Crippen molar-refractivity contribution in [2.24, 2.45) is 0 Å². The molecule has 2 aromatic rings. The number of anilines is 1. The van der Waals surface area contributed by atoms with Crippen LogP contribution in [0.4, 0.5) is 5.69 Å². The molecule has 5 nitrogen and oxygen atoms in total. The third kappa shape index (κ3) is 5.81. The summed E-state index contributed by atoms with van der Waals surface area (Å²) in [4.78, 5) is 25.0. The fourth-order valence-corrected chi connectivity index (χ4v) is 3.21. The van der Waals surface area contributed by atoms with Gasteiger partial charge in [-0.3, -0.25) is 9.59 Å². The highest BCUT2D eigenvalue weighted by molar-refractivity contribution is 8.00. The van der Waals surface area contributed by atoms with Crippen molar-refractivity contribution in [2.45, 2.75) is 25.7 Å². The topological polar surface area (TPSA) is 64.6 Å². The first-order valence-electron chi connectivity index (χ1n) is 8.19.